The van der Waals surface area contributed by atoms with E-state index in [-0.39, 0.29) is 12.4 Å². The first-order valence-electron chi connectivity index (χ1n) is 5.21. The summed E-state index contributed by atoms with van der Waals surface area (Å²) in [6.45, 7) is 2.01. The van der Waals surface area contributed by atoms with Crippen LogP contribution in [0.25, 0.3) is 0 Å². The molecule has 0 radical (unpaired) electrons. The normalized spacial score (nSPS) is 19.7. The summed E-state index contributed by atoms with van der Waals surface area (Å²) >= 11 is 1.80. The molecule has 1 heterocycles. The number of rotatable bonds is 5. The summed E-state index contributed by atoms with van der Waals surface area (Å²) < 4.78 is 0. The standard InChI is InChI=1S/C10H20N2OS.ClH/c1-12(9-5-6-11-8-9)10(13)4-3-7-14-2;/h9,11H,3-8H2,1-2H3;1H. The van der Waals surface area contributed by atoms with E-state index < -0.39 is 0 Å². The molecule has 1 atom stereocenters. The van der Waals surface area contributed by atoms with Gasteiger partial charge in [0.2, 0.25) is 5.91 Å². The predicted molar refractivity (Wildman–Crippen MR) is 68.9 cm³/mol. The fourth-order valence-electron chi connectivity index (χ4n) is 1.72. The van der Waals surface area contributed by atoms with Crippen LogP contribution in [0.2, 0.25) is 0 Å². The molecule has 1 N–H and O–H groups in total. The van der Waals surface area contributed by atoms with Crippen LogP contribution in [-0.4, -0.2) is 49.0 Å². The smallest absolute Gasteiger partial charge is 0.222 e. The molecule has 1 rings (SSSR count). The van der Waals surface area contributed by atoms with Gasteiger partial charge in [0.1, 0.15) is 0 Å². The Balaban J connectivity index is 0.00000196. The number of hydrogen-bond acceptors (Lipinski definition) is 3. The van der Waals surface area contributed by atoms with Crippen LogP contribution in [0.4, 0.5) is 0 Å². The number of halogens is 1. The number of thioether (sulfide) groups is 1. The molecule has 0 bridgehead atoms. The molecule has 1 aliphatic heterocycles. The maximum absolute atomic E-state index is 11.7. The van der Waals surface area contributed by atoms with E-state index in [0.717, 1.165) is 31.7 Å². The van der Waals surface area contributed by atoms with Gasteiger partial charge < -0.3 is 10.2 Å². The van der Waals surface area contributed by atoms with E-state index in [0.29, 0.717) is 18.4 Å². The second-order valence-corrected chi connectivity index (χ2v) is 4.73. The Kier molecular flexibility index (Phi) is 8.29. The maximum atomic E-state index is 11.7. The lowest BCUT2D eigenvalue weighted by Gasteiger charge is -2.23. The van der Waals surface area contributed by atoms with Crippen molar-refractivity contribution in [1.29, 1.82) is 0 Å². The fourth-order valence-corrected chi connectivity index (χ4v) is 2.15. The zero-order chi connectivity index (χ0) is 10.4. The van der Waals surface area contributed by atoms with Crippen molar-refractivity contribution in [1.82, 2.24) is 10.2 Å². The lowest BCUT2D eigenvalue weighted by molar-refractivity contribution is -0.131. The van der Waals surface area contributed by atoms with Gasteiger partial charge in [0.15, 0.2) is 0 Å². The first-order valence-corrected chi connectivity index (χ1v) is 6.60. The Morgan fingerprint density at radius 3 is 2.87 bits per heavy atom. The minimum atomic E-state index is 0. The van der Waals surface area contributed by atoms with E-state index in [1.54, 1.807) is 11.8 Å². The van der Waals surface area contributed by atoms with Crippen LogP contribution in [0.3, 0.4) is 0 Å². The Hall–Kier alpha value is 0.0700. The van der Waals surface area contributed by atoms with Gasteiger partial charge in [-0.15, -0.1) is 12.4 Å². The van der Waals surface area contributed by atoms with Gasteiger partial charge in [0.25, 0.3) is 0 Å². The Labute approximate surface area is 103 Å². The van der Waals surface area contributed by atoms with Gasteiger partial charge in [-0.1, -0.05) is 0 Å². The van der Waals surface area contributed by atoms with Gasteiger partial charge in [-0.25, -0.2) is 0 Å². The second kappa shape index (κ2) is 8.25. The Morgan fingerprint density at radius 1 is 1.60 bits per heavy atom. The number of nitrogens with one attached hydrogen (secondary N) is 1. The summed E-state index contributed by atoms with van der Waals surface area (Å²) in [5.74, 6) is 1.38. The molecule has 0 saturated carbocycles. The third-order valence-electron chi connectivity index (χ3n) is 2.71. The van der Waals surface area contributed by atoms with Crippen LogP contribution >= 0.6 is 24.2 Å². The third-order valence-corrected chi connectivity index (χ3v) is 3.41. The van der Waals surface area contributed by atoms with Crippen molar-refractivity contribution in [3.8, 4) is 0 Å². The maximum Gasteiger partial charge on any atom is 0.222 e. The highest BCUT2D eigenvalue weighted by Gasteiger charge is 2.22. The minimum Gasteiger partial charge on any atom is -0.341 e. The van der Waals surface area contributed by atoms with Crippen LogP contribution < -0.4 is 5.32 Å². The number of carbonyl (C=O) groups excluding carboxylic acids is 1. The lowest BCUT2D eigenvalue weighted by Crippen LogP contribution is -2.38. The van der Waals surface area contributed by atoms with E-state index in [2.05, 4.69) is 11.6 Å². The SMILES string of the molecule is CSCCCC(=O)N(C)C1CCNC1.Cl. The summed E-state index contributed by atoms with van der Waals surface area (Å²) in [6.07, 6.45) is 4.89. The van der Waals surface area contributed by atoms with Gasteiger partial charge in [0, 0.05) is 26.1 Å². The largest absolute Gasteiger partial charge is 0.341 e. The third kappa shape index (κ3) is 5.09. The first kappa shape index (κ1) is 15.1. The average molecular weight is 253 g/mol. The van der Waals surface area contributed by atoms with Gasteiger partial charge >= 0.3 is 0 Å². The molecular weight excluding hydrogens is 232 g/mol. The number of nitrogens with zero attached hydrogens (tertiary/aromatic N) is 1. The molecule has 0 aliphatic carbocycles. The number of carbonyl (C=O) groups is 1. The Bertz CT molecular complexity index is 186. The van der Waals surface area contributed by atoms with Crippen molar-refractivity contribution < 1.29 is 4.79 Å². The van der Waals surface area contributed by atoms with Crippen LogP contribution in [0, 0.1) is 0 Å². The molecule has 5 heteroatoms. The van der Waals surface area contributed by atoms with Crippen LogP contribution in [0.15, 0.2) is 0 Å². The molecule has 15 heavy (non-hydrogen) atoms. The second-order valence-electron chi connectivity index (χ2n) is 3.75. The molecule has 0 aromatic heterocycles. The summed E-state index contributed by atoms with van der Waals surface area (Å²) in [4.78, 5) is 13.6. The molecule has 1 aliphatic rings. The zero-order valence-corrected chi connectivity index (χ0v) is 11.1. The lowest BCUT2D eigenvalue weighted by atomic mass is 10.2. The van der Waals surface area contributed by atoms with Crippen molar-refractivity contribution >= 4 is 30.1 Å². The molecule has 3 nitrogen and oxygen atoms in total. The number of hydrogen-bond donors (Lipinski definition) is 1. The van der Waals surface area contributed by atoms with E-state index in [9.17, 15) is 4.79 Å². The molecule has 0 spiro atoms. The van der Waals surface area contributed by atoms with Gasteiger partial charge in [-0.2, -0.15) is 11.8 Å². The molecule has 1 unspecified atom stereocenters. The first-order chi connectivity index (χ1) is 6.75. The van der Waals surface area contributed by atoms with Crippen LogP contribution in [-0.2, 0) is 4.79 Å². The summed E-state index contributed by atoms with van der Waals surface area (Å²) in [6, 6.07) is 0.428. The van der Waals surface area contributed by atoms with Crippen molar-refractivity contribution in [2.75, 3.05) is 32.1 Å². The zero-order valence-electron chi connectivity index (χ0n) is 9.49. The highest BCUT2D eigenvalue weighted by atomic mass is 35.5. The van der Waals surface area contributed by atoms with Gasteiger partial charge in [-0.3, -0.25) is 4.79 Å². The summed E-state index contributed by atoms with van der Waals surface area (Å²) in [7, 11) is 1.93. The Morgan fingerprint density at radius 2 is 2.33 bits per heavy atom. The highest BCUT2D eigenvalue weighted by molar-refractivity contribution is 7.98. The quantitative estimate of drug-likeness (QED) is 0.751. The van der Waals surface area contributed by atoms with E-state index in [1.807, 2.05) is 11.9 Å². The van der Waals surface area contributed by atoms with Crippen LogP contribution in [0.5, 0.6) is 0 Å². The van der Waals surface area contributed by atoms with E-state index in [1.165, 1.54) is 0 Å². The summed E-state index contributed by atoms with van der Waals surface area (Å²) in [5.41, 5.74) is 0. The number of likely N-dealkylation sites (N-methyl/N-ethyl adjacent to an activating group) is 1. The summed E-state index contributed by atoms with van der Waals surface area (Å²) in [5, 5.41) is 3.28. The topological polar surface area (TPSA) is 32.3 Å². The van der Waals surface area contributed by atoms with E-state index >= 15 is 0 Å². The molecule has 0 aromatic carbocycles. The van der Waals surface area contributed by atoms with Crippen molar-refractivity contribution in [3.05, 3.63) is 0 Å². The van der Waals surface area contributed by atoms with Crippen molar-refractivity contribution in [3.63, 3.8) is 0 Å². The van der Waals surface area contributed by atoms with Crippen molar-refractivity contribution in [2.45, 2.75) is 25.3 Å². The predicted octanol–water partition coefficient (Wildman–Crippen LogP) is 1.37. The van der Waals surface area contributed by atoms with Gasteiger partial charge in [0.05, 0.1) is 0 Å². The molecule has 1 saturated heterocycles. The molecule has 1 fully saturated rings. The molecule has 0 aromatic rings. The van der Waals surface area contributed by atoms with Gasteiger partial charge in [-0.05, 0) is 31.4 Å². The highest BCUT2D eigenvalue weighted by Crippen LogP contribution is 2.09. The van der Waals surface area contributed by atoms with Crippen molar-refractivity contribution in [2.24, 2.45) is 0 Å². The molecular formula is C10H21ClN2OS. The molecule has 90 valence electrons. The van der Waals surface area contributed by atoms with Crippen LogP contribution in [0.1, 0.15) is 19.3 Å². The minimum absolute atomic E-state index is 0. The number of amides is 1. The molecule has 1 amide bonds. The average Bonchev–Trinajstić information content (AvgIpc) is 2.69. The monoisotopic (exact) mass is 252 g/mol. The fraction of sp³-hybridized carbons (Fsp3) is 0.900. The van der Waals surface area contributed by atoms with E-state index in [4.69, 9.17) is 0 Å².